The molecular formula is C11H8F6N6. The molecule has 0 unspecified atom stereocenters. The van der Waals surface area contributed by atoms with Gasteiger partial charge in [0.25, 0.3) is 11.9 Å². The van der Waals surface area contributed by atoms with Crippen LogP contribution in [0, 0.1) is 35.7 Å². The van der Waals surface area contributed by atoms with Gasteiger partial charge in [-0.05, 0) is 6.42 Å². The molecule has 0 aliphatic rings. The van der Waals surface area contributed by atoms with Crippen LogP contribution in [0.15, 0.2) is 0 Å². The molecule has 6 nitrogen and oxygen atoms in total. The predicted octanol–water partition coefficient (Wildman–Crippen LogP) is 2.02. The van der Waals surface area contributed by atoms with Crippen molar-refractivity contribution in [3.8, 4) is 0 Å². The number of hydrogen-bond donors (Lipinski definition) is 2. The molecule has 2 N–H and O–H groups in total. The third-order valence-corrected chi connectivity index (χ3v) is 2.51. The molecule has 0 atom stereocenters. The number of nitrogens with zero attached hydrogens (tertiary/aromatic N) is 4. The summed E-state index contributed by atoms with van der Waals surface area (Å²) in [6, 6.07) is 0. The molecule has 2 aromatic heterocycles. The number of anilines is 2. The molecule has 2 heterocycles. The van der Waals surface area contributed by atoms with E-state index in [2.05, 4.69) is 30.6 Å². The summed E-state index contributed by atoms with van der Waals surface area (Å²) >= 11 is 0. The first kappa shape index (κ1) is 16.7. The largest absolute Gasteiger partial charge is 0.367 e. The van der Waals surface area contributed by atoms with Crippen molar-refractivity contribution >= 4 is 11.6 Å². The Kier molecular flexibility index (Phi) is 5.13. The van der Waals surface area contributed by atoms with Gasteiger partial charge in [-0.15, -0.1) is 0 Å². The normalized spacial score (nSPS) is 10.7. The first-order valence-corrected chi connectivity index (χ1v) is 6.13. The Hall–Kier alpha value is -2.66. The summed E-state index contributed by atoms with van der Waals surface area (Å²) in [6.07, 6.45) is -2.74. The minimum absolute atomic E-state index is 0.0303. The molecule has 0 bridgehead atoms. The van der Waals surface area contributed by atoms with Crippen LogP contribution in [-0.4, -0.2) is 33.0 Å². The molecule has 0 aliphatic heterocycles. The quantitative estimate of drug-likeness (QED) is 0.363. The van der Waals surface area contributed by atoms with Crippen molar-refractivity contribution < 1.29 is 26.3 Å². The summed E-state index contributed by atoms with van der Waals surface area (Å²) in [5.74, 6) is -7.56. The molecule has 0 saturated carbocycles. The molecule has 0 saturated heterocycles. The minimum atomic E-state index is -1.65. The molecule has 23 heavy (non-hydrogen) atoms. The Morgan fingerprint density at radius 1 is 0.609 bits per heavy atom. The zero-order valence-electron chi connectivity index (χ0n) is 11.2. The van der Waals surface area contributed by atoms with Crippen LogP contribution in [0.5, 0.6) is 0 Å². The van der Waals surface area contributed by atoms with Crippen molar-refractivity contribution in [2.24, 2.45) is 0 Å². The number of hydrogen-bond acceptors (Lipinski definition) is 6. The lowest BCUT2D eigenvalue weighted by molar-refractivity contribution is 0.429. The SMILES string of the molecule is Fc1nc(F)c(F)c(NCCCNc2nc(F)nc(F)c2F)n1. The Labute approximate surface area is 125 Å². The lowest BCUT2D eigenvalue weighted by Crippen LogP contribution is -2.15. The van der Waals surface area contributed by atoms with Crippen LogP contribution in [-0.2, 0) is 0 Å². The standard InChI is InChI=1S/C11H8F6N6/c12-4-6(14)20-10(16)22-8(4)18-2-1-3-19-9-5(13)7(15)21-11(17)23-9/h1-3H2,(H,18,20,22)(H,19,21,23). The van der Waals surface area contributed by atoms with Gasteiger partial charge in [-0.1, -0.05) is 0 Å². The summed E-state index contributed by atoms with van der Waals surface area (Å²) in [4.78, 5) is 11.1. The van der Waals surface area contributed by atoms with E-state index < -0.39 is 47.3 Å². The monoisotopic (exact) mass is 338 g/mol. The van der Waals surface area contributed by atoms with Gasteiger partial charge in [0.15, 0.2) is 11.6 Å². The zero-order chi connectivity index (χ0) is 17.0. The zero-order valence-corrected chi connectivity index (χ0v) is 11.2. The number of aromatic nitrogens is 4. The van der Waals surface area contributed by atoms with E-state index in [-0.39, 0.29) is 19.5 Å². The average Bonchev–Trinajstić information content (AvgIpc) is 2.48. The van der Waals surface area contributed by atoms with Gasteiger partial charge in [-0.3, -0.25) is 0 Å². The van der Waals surface area contributed by atoms with E-state index in [0.717, 1.165) is 0 Å². The maximum atomic E-state index is 13.2. The number of rotatable bonds is 6. The Balaban J connectivity index is 1.85. The van der Waals surface area contributed by atoms with Crippen molar-refractivity contribution in [3.05, 3.63) is 35.7 Å². The Bertz CT molecular complexity index is 652. The van der Waals surface area contributed by atoms with Crippen LogP contribution in [0.2, 0.25) is 0 Å². The van der Waals surface area contributed by atoms with Gasteiger partial charge in [0, 0.05) is 13.1 Å². The van der Waals surface area contributed by atoms with E-state index in [0.29, 0.717) is 0 Å². The van der Waals surface area contributed by atoms with Crippen LogP contribution >= 0.6 is 0 Å². The van der Waals surface area contributed by atoms with Crippen LogP contribution in [0.4, 0.5) is 38.0 Å². The highest BCUT2D eigenvalue weighted by Gasteiger charge is 2.15. The first-order chi connectivity index (χ1) is 10.9. The predicted molar refractivity (Wildman–Crippen MR) is 65.4 cm³/mol. The van der Waals surface area contributed by atoms with Crippen molar-refractivity contribution in [3.63, 3.8) is 0 Å². The molecule has 0 aromatic carbocycles. The van der Waals surface area contributed by atoms with Crippen LogP contribution in [0.3, 0.4) is 0 Å². The third kappa shape index (κ3) is 4.17. The highest BCUT2D eigenvalue weighted by Crippen LogP contribution is 2.14. The lowest BCUT2D eigenvalue weighted by atomic mass is 10.4. The minimum Gasteiger partial charge on any atom is -0.367 e. The van der Waals surface area contributed by atoms with E-state index in [1.807, 2.05) is 0 Å². The van der Waals surface area contributed by atoms with E-state index in [9.17, 15) is 26.3 Å². The van der Waals surface area contributed by atoms with Crippen LogP contribution < -0.4 is 10.6 Å². The van der Waals surface area contributed by atoms with Gasteiger partial charge >= 0.3 is 12.2 Å². The molecule has 124 valence electrons. The smallest absolute Gasteiger partial charge is 0.313 e. The summed E-state index contributed by atoms with van der Waals surface area (Å²) < 4.78 is 77.5. The summed E-state index contributed by atoms with van der Waals surface area (Å²) in [7, 11) is 0. The van der Waals surface area contributed by atoms with Gasteiger partial charge in [0.1, 0.15) is 0 Å². The Morgan fingerprint density at radius 2 is 1.00 bits per heavy atom. The van der Waals surface area contributed by atoms with Gasteiger partial charge in [-0.2, -0.15) is 46.3 Å². The fourth-order valence-electron chi connectivity index (χ4n) is 1.52. The topological polar surface area (TPSA) is 75.6 Å². The molecule has 0 spiro atoms. The van der Waals surface area contributed by atoms with Gasteiger partial charge in [-0.25, -0.2) is 0 Å². The van der Waals surface area contributed by atoms with Crippen molar-refractivity contribution in [2.45, 2.75) is 6.42 Å². The molecule has 2 aromatic rings. The number of halogens is 6. The molecular weight excluding hydrogens is 330 g/mol. The third-order valence-electron chi connectivity index (χ3n) is 2.51. The maximum Gasteiger partial charge on any atom is 0.313 e. The highest BCUT2D eigenvalue weighted by molar-refractivity contribution is 5.36. The van der Waals surface area contributed by atoms with Crippen molar-refractivity contribution in [1.82, 2.24) is 19.9 Å². The van der Waals surface area contributed by atoms with Crippen LogP contribution in [0.25, 0.3) is 0 Å². The first-order valence-electron chi connectivity index (χ1n) is 6.13. The van der Waals surface area contributed by atoms with E-state index in [4.69, 9.17) is 0 Å². The second-order valence-electron chi connectivity index (χ2n) is 4.10. The van der Waals surface area contributed by atoms with Crippen molar-refractivity contribution in [2.75, 3.05) is 23.7 Å². The molecule has 0 radical (unpaired) electrons. The molecule has 2 rings (SSSR count). The molecule has 0 fully saturated rings. The van der Waals surface area contributed by atoms with E-state index in [1.165, 1.54) is 0 Å². The van der Waals surface area contributed by atoms with Crippen molar-refractivity contribution in [1.29, 1.82) is 0 Å². The Morgan fingerprint density at radius 3 is 1.39 bits per heavy atom. The van der Waals surface area contributed by atoms with Gasteiger partial charge < -0.3 is 10.6 Å². The van der Waals surface area contributed by atoms with Crippen LogP contribution in [0.1, 0.15) is 6.42 Å². The fourth-order valence-corrected chi connectivity index (χ4v) is 1.52. The van der Waals surface area contributed by atoms with Gasteiger partial charge in [0.05, 0.1) is 0 Å². The fraction of sp³-hybridized carbons (Fsp3) is 0.273. The molecule has 12 heteroatoms. The highest BCUT2D eigenvalue weighted by atomic mass is 19.2. The van der Waals surface area contributed by atoms with E-state index in [1.54, 1.807) is 0 Å². The molecule has 0 amide bonds. The summed E-state index contributed by atoms with van der Waals surface area (Å²) in [5.41, 5.74) is 0. The second kappa shape index (κ2) is 7.07. The second-order valence-corrected chi connectivity index (χ2v) is 4.10. The lowest BCUT2D eigenvalue weighted by Gasteiger charge is -2.08. The van der Waals surface area contributed by atoms with E-state index >= 15 is 0 Å². The maximum absolute atomic E-state index is 13.2. The number of nitrogens with one attached hydrogen (secondary N) is 2. The summed E-state index contributed by atoms with van der Waals surface area (Å²) in [6.45, 7) is -0.0606. The molecule has 0 aliphatic carbocycles. The summed E-state index contributed by atoms with van der Waals surface area (Å²) in [5, 5.41) is 4.59. The van der Waals surface area contributed by atoms with Gasteiger partial charge in [0.2, 0.25) is 11.6 Å². The average molecular weight is 338 g/mol.